The number of esters is 1. The summed E-state index contributed by atoms with van der Waals surface area (Å²) in [7, 11) is 1.44. The first kappa shape index (κ1) is 15.0. The molecule has 0 amide bonds. The van der Waals surface area contributed by atoms with E-state index < -0.39 is 11.8 Å². The standard InChI is InChI=1S/C17H17FO3/c1-20-14-9-10-15(16(18)12-14)17(19)21-11-5-8-13-6-3-2-4-7-13/h2-4,6-7,9-10,12H,5,8,11H2,1H3. The molecule has 0 fully saturated rings. The summed E-state index contributed by atoms with van der Waals surface area (Å²) in [5.41, 5.74) is 1.11. The number of ether oxygens (including phenoxy) is 2. The van der Waals surface area contributed by atoms with Gasteiger partial charge in [-0.3, -0.25) is 0 Å². The van der Waals surface area contributed by atoms with Crippen LogP contribution < -0.4 is 4.74 Å². The molecule has 0 heterocycles. The lowest BCUT2D eigenvalue weighted by atomic mass is 10.1. The third-order valence-electron chi connectivity index (χ3n) is 3.08. The molecule has 0 saturated carbocycles. The minimum Gasteiger partial charge on any atom is -0.497 e. The van der Waals surface area contributed by atoms with Crippen LogP contribution in [0.3, 0.4) is 0 Å². The smallest absolute Gasteiger partial charge is 0.341 e. The van der Waals surface area contributed by atoms with Gasteiger partial charge in [-0.15, -0.1) is 0 Å². The highest BCUT2D eigenvalue weighted by atomic mass is 19.1. The van der Waals surface area contributed by atoms with E-state index in [-0.39, 0.29) is 12.2 Å². The van der Waals surface area contributed by atoms with E-state index in [1.807, 2.05) is 30.3 Å². The molecule has 0 aliphatic heterocycles. The van der Waals surface area contributed by atoms with Crippen molar-refractivity contribution in [3.05, 3.63) is 65.5 Å². The maximum Gasteiger partial charge on any atom is 0.341 e. The Kier molecular flexibility index (Phi) is 5.32. The molecule has 0 bridgehead atoms. The normalized spacial score (nSPS) is 10.2. The first-order chi connectivity index (χ1) is 10.2. The van der Waals surface area contributed by atoms with Crippen LogP contribution in [0.2, 0.25) is 0 Å². The SMILES string of the molecule is COc1ccc(C(=O)OCCCc2ccccc2)c(F)c1. The van der Waals surface area contributed by atoms with E-state index in [0.29, 0.717) is 12.2 Å². The van der Waals surface area contributed by atoms with E-state index in [1.165, 1.54) is 30.9 Å². The summed E-state index contributed by atoms with van der Waals surface area (Å²) in [5.74, 6) is -0.918. The first-order valence-electron chi connectivity index (χ1n) is 6.75. The van der Waals surface area contributed by atoms with Crippen LogP contribution in [-0.2, 0) is 11.2 Å². The van der Waals surface area contributed by atoms with Gasteiger partial charge in [0.1, 0.15) is 11.6 Å². The molecule has 0 aromatic heterocycles. The first-order valence-corrected chi connectivity index (χ1v) is 6.75. The number of benzene rings is 2. The molecule has 21 heavy (non-hydrogen) atoms. The van der Waals surface area contributed by atoms with Crippen LogP contribution in [0.4, 0.5) is 4.39 Å². The zero-order valence-corrected chi connectivity index (χ0v) is 11.8. The number of carbonyl (C=O) groups excluding carboxylic acids is 1. The Bertz CT molecular complexity index is 596. The molecule has 4 heteroatoms. The van der Waals surface area contributed by atoms with E-state index in [1.54, 1.807) is 0 Å². The van der Waals surface area contributed by atoms with E-state index in [4.69, 9.17) is 9.47 Å². The van der Waals surface area contributed by atoms with Crippen molar-refractivity contribution in [3.8, 4) is 5.75 Å². The number of carbonyl (C=O) groups is 1. The van der Waals surface area contributed by atoms with Gasteiger partial charge in [0, 0.05) is 6.07 Å². The van der Waals surface area contributed by atoms with E-state index >= 15 is 0 Å². The molecule has 2 aromatic carbocycles. The van der Waals surface area contributed by atoms with Crippen LogP contribution in [0.1, 0.15) is 22.3 Å². The molecule has 0 aliphatic rings. The Balaban J connectivity index is 1.82. The lowest BCUT2D eigenvalue weighted by Crippen LogP contribution is -2.09. The fraction of sp³-hybridized carbons (Fsp3) is 0.235. The molecule has 2 rings (SSSR count). The third kappa shape index (κ3) is 4.31. The van der Waals surface area contributed by atoms with Crippen LogP contribution in [-0.4, -0.2) is 19.7 Å². The molecule has 0 atom stereocenters. The lowest BCUT2D eigenvalue weighted by Gasteiger charge is -2.07. The van der Waals surface area contributed by atoms with Gasteiger partial charge in [-0.25, -0.2) is 9.18 Å². The summed E-state index contributed by atoms with van der Waals surface area (Å²) in [4.78, 5) is 11.8. The predicted molar refractivity (Wildman–Crippen MR) is 78.0 cm³/mol. The molecule has 0 aliphatic carbocycles. The number of halogens is 1. The topological polar surface area (TPSA) is 35.5 Å². The summed E-state index contributed by atoms with van der Waals surface area (Å²) >= 11 is 0. The van der Waals surface area contributed by atoms with E-state index in [9.17, 15) is 9.18 Å². The highest BCUT2D eigenvalue weighted by Gasteiger charge is 2.13. The zero-order chi connectivity index (χ0) is 15.1. The van der Waals surface area contributed by atoms with Crippen molar-refractivity contribution in [1.29, 1.82) is 0 Å². The Morgan fingerprint density at radius 1 is 1.14 bits per heavy atom. The summed E-state index contributed by atoms with van der Waals surface area (Å²) in [5, 5.41) is 0. The molecule has 0 spiro atoms. The molecular weight excluding hydrogens is 271 g/mol. The summed E-state index contributed by atoms with van der Waals surface area (Å²) < 4.78 is 23.7. The molecule has 3 nitrogen and oxygen atoms in total. The van der Waals surface area contributed by atoms with Crippen LogP contribution in [0.15, 0.2) is 48.5 Å². The van der Waals surface area contributed by atoms with Crippen LogP contribution in [0, 0.1) is 5.82 Å². The van der Waals surface area contributed by atoms with Crippen LogP contribution >= 0.6 is 0 Å². The number of aryl methyl sites for hydroxylation is 1. The zero-order valence-electron chi connectivity index (χ0n) is 11.8. The van der Waals surface area contributed by atoms with Crippen molar-refractivity contribution in [2.24, 2.45) is 0 Å². The summed E-state index contributed by atoms with van der Waals surface area (Å²) in [6, 6.07) is 14.0. The number of rotatable bonds is 6. The van der Waals surface area contributed by atoms with Crippen LogP contribution in [0.5, 0.6) is 5.75 Å². The van der Waals surface area contributed by atoms with Gasteiger partial charge < -0.3 is 9.47 Å². The minimum absolute atomic E-state index is 0.0736. The van der Waals surface area contributed by atoms with Crippen LogP contribution in [0.25, 0.3) is 0 Å². The Morgan fingerprint density at radius 3 is 2.57 bits per heavy atom. The second-order valence-electron chi connectivity index (χ2n) is 4.57. The molecule has 2 aromatic rings. The van der Waals surface area contributed by atoms with E-state index in [2.05, 4.69) is 0 Å². The Morgan fingerprint density at radius 2 is 1.90 bits per heavy atom. The van der Waals surface area contributed by atoms with Crippen molar-refractivity contribution in [2.45, 2.75) is 12.8 Å². The average molecular weight is 288 g/mol. The Hall–Kier alpha value is -2.36. The van der Waals surface area contributed by atoms with Gasteiger partial charge in [-0.1, -0.05) is 30.3 Å². The number of hydrogen-bond donors (Lipinski definition) is 0. The van der Waals surface area contributed by atoms with Gasteiger partial charge >= 0.3 is 5.97 Å². The lowest BCUT2D eigenvalue weighted by molar-refractivity contribution is 0.0495. The van der Waals surface area contributed by atoms with Gasteiger partial charge in [0.2, 0.25) is 0 Å². The van der Waals surface area contributed by atoms with Gasteiger partial charge in [0.15, 0.2) is 0 Å². The minimum atomic E-state index is -0.650. The van der Waals surface area contributed by atoms with E-state index in [0.717, 1.165) is 6.42 Å². The molecule has 0 unspecified atom stereocenters. The fourth-order valence-corrected chi connectivity index (χ4v) is 1.95. The maximum atomic E-state index is 13.7. The molecule has 110 valence electrons. The third-order valence-corrected chi connectivity index (χ3v) is 3.08. The summed E-state index contributed by atoms with van der Waals surface area (Å²) in [6.45, 7) is 0.263. The van der Waals surface area contributed by atoms with Gasteiger partial charge in [-0.05, 0) is 30.5 Å². The van der Waals surface area contributed by atoms with Crippen molar-refractivity contribution in [2.75, 3.05) is 13.7 Å². The molecule has 0 N–H and O–H groups in total. The van der Waals surface area contributed by atoms with Gasteiger partial charge in [0.05, 0.1) is 19.3 Å². The largest absolute Gasteiger partial charge is 0.497 e. The number of methoxy groups -OCH3 is 1. The maximum absolute atomic E-state index is 13.7. The van der Waals surface area contributed by atoms with Crippen molar-refractivity contribution < 1.29 is 18.7 Å². The monoisotopic (exact) mass is 288 g/mol. The predicted octanol–water partition coefficient (Wildman–Crippen LogP) is 3.62. The van der Waals surface area contributed by atoms with Crippen molar-refractivity contribution >= 4 is 5.97 Å². The highest BCUT2D eigenvalue weighted by Crippen LogP contribution is 2.17. The second kappa shape index (κ2) is 7.43. The summed E-state index contributed by atoms with van der Waals surface area (Å²) in [6.07, 6.45) is 1.52. The highest BCUT2D eigenvalue weighted by molar-refractivity contribution is 5.89. The molecule has 0 radical (unpaired) electrons. The second-order valence-corrected chi connectivity index (χ2v) is 4.57. The molecule has 0 saturated heterocycles. The quantitative estimate of drug-likeness (QED) is 0.601. The number of hydrogen-bond acceptors (Lipinski definition) is 3. The van der Waals surface area contributed by atoms with Crippen molar-refractivity contribution in [1.82, 2.24) is 0 Å². The molecular formula is C17H17FO3. The van der Waals surface area contributed by atoms with Gasteiger partial charge in [0.25, 0.3) is 0 Å². The van der Waals surface area contributed by atoms with Crippen molar-refractivity contribution in [3.63, 3.8) is 0 Å². The van der Waals surface area contributed by atoms with Gasteiger partial charge in [-0.2, -0.15) is 0 Å². The fourth-order valence-electron chi connectivity index (χ4n) is 1.95. The average Bonchev–Trinajstić information content (AvgIpc) is 2.52. The Labute approximate surface area is 123 Å².